The molecule has 8 nitrogen and oxygen atoms in total. The average molecular weight is 419 g/mol. The van der Waals surface area contributed by atoms with E-state index in [0.29, 0.717) is 35.9 Å². The molecule has 1 aromatic carbocycles. The van der Waals surface area contributed by atoms with Gasteiger partial charge in [0, 0.05) is 36.7 Å². The van der Waals surface area contributed by atoms with Crippen LogP contribution in [0.5, 0.6) is 0 Å². The van der Waals surface area contributed by atoms with Gasteiger partial charge in [0.1, 0.15) is 0 Å². The molecular formula is C23H25N5O3. The minimum Gasteiger partial charge on any atom is -0.376 e. The lowest BCUT2D eigenvalue weighted by molar-refractivity contribution is 0.0858. The molecule has 2 N–H and O–H groups in total. The average Bonchev–Trinajstić information content (AvgIpc) is 3.30. The molecule has 1 saturated heterocycles. The Hall–Kier alpha value is -3.52. The first-order valence-corrected chi connectivity index (χ1v) is 10.3. The third-order valence-corrected chi connectivity index (χ3v) is 5.25. The highest BCUT2D eigenvalue weighted by molar-refractivity contribution is 5.94. The van der Waals surface area contributed by atoms with Gasteiger partial charge in [0.05, 0.1) is 17.5 Å². The Morgan fingerprint density at radius 2 is 2.06 bits per heavy atom. The number of rotatable bonds is 7. The van der Waals surface area contributed by atoms with E-state index < -0.39 is 0 Å². The van der Waals surface area contributed by atoms with Crippen molar-refractivity contribution in [3.8, 4) is 5.69 Å². The molecule has 0 aliphatic carbocycles. The van der Waals surface area contributed by atoms with Gasteiger partial charge in [0.15, 0.2) is 5.65 Å². The van der Waals surface area contributed by atoms with Crippen molar-refractivity contribution in [1.82, 2.24) is 19.9 Å². The van der Waals surface area contributed by atoms with E-state index in [-0.39, 0.29) is 17.6 Å². The van der Waals surface area contributed by atoms with Gasteiger partial charge in [-0.3, -0.25) is 14.2 Å². The summed E-state index contributed by atoms with van der Waals surface area (Å²) in [6.07, 6.45) is 3.80. The molecule has 1 amide bonds. The fourth-order valence-corrected chi connectivity index (χ4v) is 3.63. The Labute approximate surface area is 180 Å². The molecule has 0 radical (unpaired) electrons. The zero-order valence-corrected chi connectivity index (χ0v) is 17.4. The minimum absolute atomic E-state index is 0.0873. The summed E-state index contributed by atoms with van der Waals surface area (Å²) in [6, 6.07) is 10.1. The molecule has 1 atom stereocenters. The second-order valence-electron chi connectivity index (χ2n) is 7.44. The molecule has 0 bridgehead atoms. The summed E-state index contributed by atoms with van der Waals surface area (Å²) in [7, 11) is 0. The van der Waals surface area contributed by atoms with Crippen LogP contribution in [-0.4, -0.2) is 46.2 Å². The number of fused-ring (bicyclic) bond motifs is 1. The highest BCUT2D eigenvalue weighted by Crippen LogP contribution is 2.19. The third-order valence-electron chi connectivity index (χ3n) is 5.25. The van der Waals surface area contributed by atoms with E-state index in [4.69, 9.17) is 4.74 Å². The van der Waals surface area contributed by atoms with E-state index >= 15 is 0 Å². The number of nitrogens with one attached hydrogen (secondary N) is 2. The second kappa shape index (κ2) is 9.09. The van der Waals surface area contributed by atoms with Crippen molar-refractivity contribution in [3.63, 3.8) is 0 Å². The van der Waals surface area contributed by atoms with Crippen molar-refractivity contribution >= 4 is 22.9 Å². The zero-order chi connectivity index (χ0) is 21.8. The van der Waals surface area contributed by atoms with E-state index in [9.17, 15) is 9.59 Å². The molecule has 31 heavy (non-hydrogen) atoms. The van der Waals surface area contributed by atoms with Crippen molar-refractivity contribution in [3.05, 3.63) is 70.7 Å². The number of pyridine rings is 1. The van der Waals surface area contributed by atoms with Crippen molar-refractivity contribution in [2.45, 2.75) is 25.9 Å². The first-order valence-electron chi connectivity index (χ1n) is 10.3. The molecule has 1 aliphatic heterocycles. The van der Waals surface area contributed by atoms with E-state index in [1.54, 1.807) is 36.4 Å². The number of amides is 1. The van der Waals surface area contributed by atoms with E-state index in [1.807, 2.05) is 6.92 Å². The van der Waals surface area contributed by atoms with Gasteiger partial charge in [-0.05, 0) is 50.1 Å². The summed E-state index contributed by atoms with van der Waals surface area (Å²) in [6.45, 7) is 7.32. The molecule has 3 heterocycles. The van der Waals surface area contributed by atoms with Crippen LogP contribution in [0.15, 0.2) is 53.8 Å². The lowest BCUT2D eigenvalue weighted by Crippen LogP contribution is -2.31. The third kappa shape index (κ3) is 4.49. The Kier molecular flexibility index (Phi) is 6.08. The van der Waals surface area contributed by atoms with Crippen molar-refractivity contribution < 1.29 is 9.53 Å². The summed E-state index contributed by atoms with van der Waals surface area (Å²) >= 11 is 0. The number of carbonyl (C=O) groups is 1. The number of aromatic nitrogens is 3. The quantitative estimate of drug-likeness (QED) is 0.571. The van der Waals surface area contributed by atoms with Crippen LogP contribution < -0.4 is 16.2 Å². The predicted octanol–water partition coefficient (Wildman–Crippen LogP) is 2.60. The Balaban J connectivity index is 1.63. The minimum atomic E-state index is -0.212. The molecule has 3 aromatic rings. The van der Waals surface area contributed by atoms with E-state index in [1.165, 1.54) is 10.6 Å². The first kappa shape index (κ1) is 20.7. The number of hydrogen-bond donors (Lipinski definition) is 2. The van der Waals surface area contributed by atoms with Crippen LogP contribution in [0.3, 0.4) is 0 Å². The lowest BCUT2D eigenvalue weighted by atomic mass is 10.1. The molecule has 1 aliphatic rings. The number of benzene rings is 1. The Bertz CT molecular complexity index is 1160. The summed E-state index contributed by atoms with van der Waals surface area (Å²) < 4.78 is 7.06. The lowest BCUT2D eigenvalue weighted by Gasteiger charge is -2.13. The molecule has 8 heteroatoms. The summed E-state index contributed by atoms with van der Waals surface area (Å²) in [4.78, 5) is 34.1. The fraction of sp³-hybridized carbons (Fsp3) is 0.304. The maximum absolute atomic E-state index is 12.7. The van der Waals surface area contributed by atoms with Gasteiger partial charge >= 0.3 is 0 Å². The Morgan fingerprint density at radius 3 is 2.77 bits per heavy atom. The van der Waals surface area contributed by atoms with Gasteiger partial charge in [-0.25, -0.2) is 4.98 Å². The molecule has 1 unspecified atom stereocenters. The molecule has 160 valence electrons. The Morgan fingerprint density at radius 1 is 1.26 bits per heavy atom. The smallest absolute Gasteiger partial charge is 0.256 e. The molecule has 0 saturated carbocycles. The van der Waals surface area contributed by atoms with Crippen LogP contribution in [0, 0.1) is 6.92 Å². The highest BCUT2D eigenvalue weighted by atomic mass is 16.5. The maximum atomic E-state index is 12.7. The van der Waals surface area contributed by atoms with E-state index in [2.05, 4.69) is 27.2 Å². The van der Waals surface area contributed by atoms with Crippen molar-refractivity contribution in [2.24, 2.45) is 0 Å². The van der Waals surface area contributed by atoms with Crippen molar-refractivity contribution in [1.29, 1.82) is 0 Å². The monoisotopic (exact) mass is 419 g/mol. The summed E-state index contributed by atoms with van der Waals surface area (Å²) in [5, 5.41) is 6.75. The van der Waals surface area contributed by atoms with Crippen LogP contribution in [0.25, 0.3) is 16.7 Å². The number of nitrogens with zero attached hydrogens (tertiary/aromatic N) is 3. The predicted molar refractivity (Wildman–Crippen MR) is 120 cm³/mol. The zero-order valence-electron chi connectivity index (χ0n) is 17.4. The number of hydrogen-bond acceptors (Lipinski definition) is 6. The standard InChI is InChI=1S/C23H25N5O3/c1-3-12-24-23-26-15(2)19-10-11-20(29)28(21(19)27-23)17-8-6-16(7-9-17)22(30)25-14-18-5-4-13-31-18/h3,6-11,18H,1,4-5,12-14H2,2H3,(H,25,30)(H,24,26,27). The molecular weight excluding hydrogens is 394 g/mol. The number of anilines is 1. The largest absolute Gasteiger partial charge is 0.376 e. The number of ether oxygens (including phenoxy) is 1. The van der Waals surface area contributed by atoms with Gasteiger partial charge in [0.2, 0.25) is 5.95 Å². The fourth-order valence-electron chi connectivity index (χ4n) is 3.63. The maximum Gasteiger partial charge on any atom is 0.256 e. The van der Waals surface area contributed by atoms with Crippen molar-refractivity contribution in [2.75, 3.05) is 25.0 Å². The van der Waals surface area contributed by atoms with Gasteiger partial charge < -0.3 is 15.4 Å². The summed E-state index contributed by atoms with van der Waals surface area (Å²) in [5.41, 5.74) is 2.20. The summed E-state index contributed by atoms with van der Waals surface area (Å²) in [5.74, 6) is 0.260. The van der Waals surface area contributed by atoms with Crippen LogP contribution in [-0.2, 0) is 4.74 Å². The van der Waals surface area contributed by atoms with Gasteiger partial charge in [-0.1, -0.05) is 6.08 Å². The van der Waals surface area contributed by atoms with Gasteiger partial charge in [0.25, 0.3) is 11.5 Å². The highest BCUT2D eigenvalue weighted by Gasteiger charge is 2.17. The van der Waals surface area contributed by atoms with Crippen LogP contribution in [0.2, 0.25) is 0 Å². The molecule has 4 rings (SSSR count). The first-order chi connectivity index (χ1) is 15.1. The number of aryl methyl sites for hydroxylation is 1. The molecule has 0 spiro atoms. The van der Waals surface area contributed by atoms with Gasteiger partial charge in [-0.2, -0.15) is 4.98 Å². The van der Waals surface area contributed by atoms with Crippen LogP contribution in [0.4, 0.5) is 5.95 Å². The normalized spacial score (nSPS) is 15.7. The van der Waals surface area contributed by atoms with E-state index in [0.717, 1.165) is 30.5 Å². The molecule has 2 aromatic heterocycles. The van der Waals surface area contributed by atoms with Crippen LogP contribution >= 0.6 is 0 Å². The number of carbonyl (C=O) groups excluding carboxylic acids is 1. The SMILES string of the molecule is C=CCNc1nc(C)c2ccc(=O)n(-c3ccc(C(=O)NCC4CCCO4)cc3)c2n1. The second-order valence-corrected chi connectivity index (χ2v) is 7.44. The van der Waals surface area contributed by atoms with Crippen LogP contribution in [0.1, 0.15) is 28.9 Å². The van der Waals surface area contributed by atoms with Gasteiger partial charge in [-0.15, -0.1) is 6.58 Å². The topological polar surface area (TPSA) is 98.1 Å². The molecule has 1 fully saturated rings.